The Balaban J connectivity index is 1.73. The highest BCUT2D eigenvalue weighted by Crippen LogP contribution is 2.30. The van der Waals surface area contributed by atoms with Crippen molar-refractivity contribution in [1.29, 1.82) is 0 Å². The Hall–Kier alpha value is -2.68. The Bertz CT molecular complexity index is 862. The van der Waals surface area contributed by atoms with Crippen LogP contribution in [0.2, 0.25) is 5.02 Å². The summed E-state index contributed by atoms with van der Waals surface area (Å²) in [6, 6.07) is 3.64. The molecule has 3 amide bonds. The number of alkyl halides is 3. The molecule has 2 heterocycles. The van der Waals surface area contributed by atoms with E-state index in [0.29, 0.717) is 18.8 Å². The molecule has 0 bridgehead atoms. The van der Waals surface area contributed by atoms with E-state index in [-0.39, 0.29) is 22.8 Å². The number of nitrogens with two attached hydrogens (primary N) is 1. The highest BCUT2D eigenvalue weighted by Gasteiger charge is 2.30. The van der Waals surface area contributed by atoms with Crippen LogP contribution in [0.1, 0.15) is 21.6 Å². The molecule has 0 aliphatic carbocycles. The standard InChI is InChI=1S/C16H14ClF3N4O2/c17-11-7-23-5-6-24(8-12(23)13(11)14(21)25)15(26)22-10-3-1-9(2-4-10)16(18,19)20/h1-4,7H,5-6,8H2,(H2,21,25)(H,22,26). The summed E-state index contributed by atoms with van der Waals surface area (Å²) < 4.78 is 39.5. The number of urea groups is 1. The highest BCUT2D eigenvalue weighted by atomic mass is 35.5. The SMILES string of the molecule is NC(=O)c1c(Cl)cn2c1CN(C(=O)Nc1ccc(C(F)(F)F)cc1)CC2. The molecular formula is C16H14ClF3N4O2. The largest absolute Gasteiger partial charge is 0.416 e. The number of hydrogen-bond acceptors (Lipinski definition) is 2. The van der Waals surface area contributed by atoms with Gasteiger partial charge in [0.1, 0.15) is 0 Å². The topological polar surface area (TPSA) is 80.4 Å². The highest BCUT2D eigenvalue weighted by molar-refractivity contribution is 6.34. The smallest absolute Gasteiger partial charge is 0.365 e. The van der Waals surface area contributed by atoms with Crippen molar-refractivity contribution < 1.29 is 22.8 Å². The zero-order valence-electron chi connectivity index (χ0n) is 13.3. The lowest BCUT2D eigenvalue weighted by Gasteiger charge is -2.29. The molecular weight excluding hydrogens is 373 g/mol. The summed E-state index contributed by atoms with van der Waals surface area (Å²) >= 11 is 6.01. The second-order valence-corrected chi connectivity index (χ2v) is 6.19. The van der Waals surface area contributed by atoms with Crippen LogP contribution in [-0.2, 0) is 19.3 Å². The number of benzene rings is 1. The molecule has 2 aromatic rings. The van der Waals surface area contributed by atoms with Crippen molar-refractivity contribution in [2.45, 2.75) is 19.3 Å². The molecule has 1 aliphatic heterocycles. The van der Waals surface area contributed by atoms with Crippen LogP contribution in [-0.4, -0.2) is 28.0 Å². The third kappa shape index (κ3) is 3.48. The summed E-state index contributed by atoms with van der Waals surface area (Å²) in [5.41, 5.74) is 5.45. The van der Waals surface area contributed by atoms with Crippen LogP contribution in [0.5, 0.6) is 0 Å². The summed E-state index contributed by atoms with van der Waals surface area (Å²) in [6.07, 6.45) is -2.85. The summed E-state index contributed by atoms with van der Waals surface area (Å²) in [5, 5.41) is 2.76. The van der Waals surface area contributed by atoms with E-state index in [9.17, 15) is 22.8 Å². The fourth-order valence-corrected chi connectivity index (χ4v) is 3.12. The summed E-state index contributed by atoms with van der Waals surface area (Å²) in [4.78, 5) is 25.4. The Morgan fingerprint density at radius 1 is 1.15 bits per heavy atom. The lowest BCUT2D eigenvalue weighted by molar-refractivity contribution is -0.137. The molecule has 1 aromatic carbocycles. The molecule has 1 aromatic heterocycles. The minimum atomic E-state index is -4.44. The first kappa shape index (κ1) is 18.1. The minimum Gasteiger partial charge on any atom is -0.365 e. The molecule has 10 heteroatoms. The molecule has 3 N–H and O–H groups in total. The average molecular weight is 387 g/mol. The van der Waals surface area contributed by atoms with Crippen molar-refractivity contribution in [3.05, 3.63) is 52.3 Å². The number of amides is 3. The Morgan fingerprint density at radius 3 is 2.38 bits per heavy atom. The van der Waals surface area contributed by atoms with Crippen LogP contribution in [0.15, 0.2) is 30.5 Å². The van der Waals surface area contributed by atoms with E-state index in [1.807, 2.05) is 0 Å². The van der Waals surface area contributed by atoms with Crippen LogP contribution in [0.3, 0.4) is 0 Å². The molecule has 26 heavy (non-hydrogen) atoms. The number of halogens is 4. The fourth-order valence-electron chi connectivity index (χ4n) is 2.80. The summed E-state index contributed by atoms with van der Waals surface area (Å²) in [6.45, 7) is 0.878. The minimum absolute atomic E-state index is 0.109. The van der Waals surface area contributed by atoms with E-state index in [4.69, 9.17) is 17.3 Å². The lowest BCUT2D eigenvalue weighted by atomic mass is 10.2. The maximum Gasteiger partial charge on any atom is 0.416 e. The molecule has 0 unspecified atom stereocenters. The van der Waals surface area contributed by atoms with Gasteiger partial charge in [0.15, 0.2) is 0 Å². The predicted octanol–water partition coefficient (Wildman–Crippen LogP) is 3.31. The van der Waals surface area contributed by atoms with E-state index in [1.54, 1.807) is 10.8 Å². The Morgan fingerprint density at radius 2 is 1.81 bits per heavy atom. The normalized spacial score (nSPS) is 14.1. The number of rotatable bonds is 2. The Kier molecular flexibility index (Phi) is 4.57. The van der Waals surface area contributed by atoms with Gasteiger partial charge >= 0.3 is 12.2 Å². The number of hydrogen-bond donors (Lipinski definition) is 2. The fraction of sp³-hybridized carbons (Fsp3) is 0.250. The quantitative estimate of drug-likeness (QED) is 0.830. The van der Waals surface area contributed by atoms with E-state index in [1.165, 1.54) is 17.0 Å². The van der Waals surface area contributed by atoms with Gasteiger partial charge < -0.3 is 20.5 Å². The van der Waals surface area contributed by atoms with Crippen molar-refractivity contribution in [3.63, 3.8) is 0 Å². The van der Waals surface area contributed by atoms with Crippen LogP contribution in [0, 0.1) is 0 Å². The van der Waals surface area contributed by atoms with Gasteiger partial charge in [-0.25, -0.2) is 4.79 Å². The number of nitrogens with one attached hydrogen (secondary N) is 1. The number of aromatic nitrogens is 1. The number of anilines is 1. The van der Waals surface area contributed by atoms with E-state index >= 15 is 0 Å². The van der Waals surface area contributed by atoms with Gasteiger partial charge in [0.2, 0.25) is 0 Å². The van der Waals surface area contributed by atoms with Gasteiger partial charge in [-0.2, -0.15) is 13.2 Å². The predicted molar refractivity (Wildman–Crippen MR) is 88.8 cm³/mol. The van der Waals surface area contributed by atoms with E-state index in [2.05, 4.69) is 5.32 Å². The Labute approximate surface area is 151 Å². The van der Waals surface area contributed by atoms with Gasteiger partial charge in [0.05, 0.1) is 28.4 Å². The number of nitrogens with zero attached hydrogens (tertiary/aromatic N) is 2. The number of carbonyl (C=O) groups excluding carboxylic acids is 2. The monoisotopic (exact) mass is 386 g/mol. The number of carbonyl (C=O) groups is 2. The lowest BCUT2D eigenvalue weighted by Crippen LogP contribution is -2.41. The van der Waals surface area contributed by atoms with Crippen molar-refractivity contribution >= 4 is 29.2 Å². The molecule has 0 saturated carbocycles. The third-order valence-corrected chi connectivity index (χ3v) is 4.38. The van der Waals surface area contributed by atoms with Crippen molar-refractivity contribution in [1.82, 2.24) is 9.47 Å². The summed E-state index contributed by atoms with van der Waals surface area (Å²) in [5.74, 6) is -0.686. The second kappa shape index (κ2) is 6.56. The van der Waals surface area contributed by atoms with Crippen LogP contribution >= 0.6 is 11.6 Å². The summed E-state index contributed by atoms with van der Waals surface area (Å²) in [7, 11) is 0. The number of fused-ring (bicyclic) bond motifs is 1. The molecule has 0 radical (unpaired) electrons. The van der Waals surface area contributed by atoms with E-state index < -0.39 is 23.7 Å². The van der Waals surface area contributed by atoms with Crippen molar-refractivity contribution in [2.24, 2.45) is 5.73 Å². The first-order chi connectivity index (χ1) is 12.2. The van der Waals surface area contributed by atoms with Crippen LogP contribution < -0.4 is 11.1 Å². The third-order valence-electron chi connectivity index (χ3n) is 4.09. The van der Waals surface area contributed by atoms with Gasteiger partial charge in [-0.05, 0) is 24.3 Å². The number of primary amides is 1. The zero-order valence-corrected chi connectivity index (χ0v) is 14.1. The van der Waals surface area contributed by atoms with Crippen molar-refractivity contribution in [3.8, 4) is 0 Å². The maximum absolute atomic E-state index is 12.6. The molecule has 3 rings (SSSR count). The second-order valence-electron chi connectivity index (χ2n) is 5.78. The molecule has 138 valence electrons. The van der Waals surface area contributed by atoms with Gasteiger partial charge in [0, 0.05) is 25.0 Å². The first-order valence-corrected chi connectivity index (χ1v) is 7.95. The molecule has 1 aliphatic rings. The molecule has 0 saturated heterocycles. The van der Waals surface area contributed by atoms with Crippen LogP contribution in [0.4, 0.5) is 23.7 Å². The van der Waals surface area contributed by atoms with Gasteiger partial charge in [-0.15, -0.1) is 0 Å². The van der Waals surface area contributed by atoms with Gasteiger partial charge in [0.25, 0.3) is 5.91 Å². The zero-order chi connectivity index (χ0) is 19.1. The first-order valence-electron chi connectivity index (χ1n) is 7.57. The molecule has 0 fully saturated rings. The maximum atomic E-state index is 12.6. The van der Waals surface area contributed by atoms with Crippen LogP contribution in [0.25, 0.3) is 0 Å². The van der Waals surface area contributed by atoms with E-state index in [0.717, 1.165) is 12.1 Å². The molecule has 0 atom stereocenters. The molecule has 6 nitrogen and oxygen atoms in total. The molecule has 0 spiro atoms. The van der Waals surface area contributed by atoms with Gasteiger partial charge in [-0.3, -0.25) is 4.79 Å². The van der Waals surface area contributed by atoms with Gasteiger partial charge in [-0.1, -0.05) is 11.6 Å². The average Bonchev–Trinajstić information content (AvgIpc) is 2.89. The van der Waals surface area contributed by atoms with Crippen molar-refractivity contribution in [2.75, 3.05) is 11.9 Å².